The van der Waals surface area contributed by atoms with Crippen LogP contribution in [0.25, 0.3) is 0 Å². The van der Waals surface area contributed by atoms with Crippen molar-refractivity contribution in [3.05, 3.63) is 59.2 Å². The molecule has 0 bridgehead atoms. The van der Waals surface area contributed by atoms with Gasteiger partial charge in [0.1, 0.15) is 0 Å². The first-order chi connectivity index (χ1) is 13.5. The van der Waals surface area contributed by atoms with E-state index < -0.39 is 0 Å². The Balaban J connectivity index is 1.43. The number of thioether (sulfide) groups is 1. The second-order valence-electron chi connectivity index (χ2n) is 7.07. The van der Waals surface area contributed by atoms with Crippen molar-refractivity contribution in [2.75, 3.05) is 29.1 Å². The molecule has 1 amide bonds. The molecule has 1 aliphatic heterocycles. The van der Waals surface area contributed by atoms with Crippen LogP contribution in [0.1, 0.15) is 29.5 Å². The molecule has 0 radical (unpaired) electrons. The number of carbonyl (C=O) groups is 1. The van der Waals surface area contributed by atoms with Gasteiger partial charge in [-0.3, -0.25) is 4.79 Å². The molecule has 6 heteroatoms. The number of hydrogen-bond acceptors (Lipinski definition) is 3. The number of aryl methyl sites for hydroxylation is 2. The van der Waals surface area contributed by atoms with Crippen molar-refractivity contribution in [3.63, 3.8) is 0 Å². The van der Waals surface area contributed by atoms with Crippen LogP contribution in [0.2, 0.25) is 0 Å². The van der Waals surface area contributed by atoms with Crippen molar-refractivity contribution < 1.29 is 4.79 Å². The molecule has 1 saturated heterocycles. The molecule has 1 aliphatic rings. The maximum Gasteiger partial charge on any atom is 0.227 e. The Hall–Kier alpha value is -2.05. The van der Waals surface area contributed by atoms with Gasteiger partial charge in [-0.15, -0.1) is 0 Å². The van der Waals surface area contributed by atoms with Crippen LogP contribution in [0.3, 0.4) is 0 Å². The lowest BCUT2D eigenvalue weighted by atomic mass is 10.1. The predicted molar refractivity (Wildman–Crippen MR) is 124 cm³/mol. The van der Waals surface area contributed by atoms with E-state index in [-0.39, 0.29) is 5.91 Å². The Morgan fingerprint density at radius 1 is 1.18 bits per heavy atom. The van der Waals surface area contributed by atoms with Gasteiger partial charge >= 0.3 is 0 Å². The van der Waals surface area contributed by atoms with Crippen LogP contribution in [0.15, 0.2) is 42.5 Å². The third-order valence-corrected chi connectivity index (χ3v) is 6.03. The lowest BCUT2D eigenvalue weighted by molar-refractivity contribution is -0.117. The maximum atomic E-state index is 12.0. The Bertz CT molecular complexity index is 836. The molecule has 0 saturated carbocycles. The zero-order chi connectivity index (χ0) is 19.9. The van der Waals surface area contributed by atoms with Crippen LogP contribution in [-0.4, -0.2) is 29.9 Å². The first-order valence-electron chi connectivity index (χ1n) is 9.62. The summed E-state index contributed by atoms with van der Waals surface area (Å²) in [6, 6.07) is 14.7. The number of anilines is 2. The number of nitrogens with one attached hydrogen (secondary N) is 2. The van der Waals surface area contributed by atoms with Gasteiger partial charge in [0, 0.05) is 42.4 Å². The molecule has 0 unspecified atom stereocenters. The monoisotopic (exact) mass is 413 g/mol. The summed E-state index contributed by atoms with van der Waals surface area (Å²) >= 11 is 7.30. The van der Waals surface area contributed by atoms with Gasteiger partial charge in [-0.1, -0.05) is 35.9 Å². The number of thiocarbonyl (C=S) groups is 1. The van der Waals surface area contributed by atoms with Gasteiger partial charge in [0.15, 0.2) is 5.11 Å². The molecule has 2 aromatic carbocycles. The summed E-state index contributed by atoms with van der Waals surface area (Å²) in [5.74, 6) is 2.19. The molecule has 1 fully saturated rings. The minimum absolute atomic E-state index is 0.201. The zero-order valence-corrected chi connectivity index (χ0v) is 18.1. The van der Waals surface area contributed by atoms with E-state index in [2.05, 4.69) is 41.8 Å². The van der Waals surface area contributed by atoms with Crippen LogP contribution in [0, 0.1) is 13.8 Å². The maximum absolute atomic E-state index is 12.0. The quantitative estimate of drug-likeness (QED) is 0.511. The fraction of sp³-hybridized carbons (Fsp3) is 0.364. The van der Waals surface area contributed by atoms with Crippen molar-refractivity contribution in [1.82, 2.24) is 5.32 Å². The molecule has 2 aromatic rings. The summed E-state index contributed by atoms with van der Waals surface area (Å²) in [5.41, 5.74) is 5.63. The molecule has 0 spiro atoms. The van der Waals surface area contributed by atoms with Gasteiger partial charge in [-0.05, 0) is 55.7 Å². The number of benzene rings is 2. The normalized spacial score (nSPS) is 13.6. The minimum atomic E-state index is 0.201. The fourth-order valence-corrected chi connectivity index (χ4v) is 4.21. The number of rotatable bonds is 7. The summed E-state index contributed by atoms with van der Waals surface area (Å²) in [7, 11) is 0. The fourth-order valence-electron chi connectivity index (χ4n) is 3.17. The first-order valence-corrected chi connectivity index (χ1v) is 11.2. The molecule has 0 aliphatic carbocycles. The predicted octanol–water partition coefficient (Wildman–Crippen LogP) is 4.65. The van der Waals surface area contributed by atoms with E-state index in [9.17, 15) is 4.79 Å². The lowest BCUT2D eigenvalue weighted by Crippen LogP contribution is -2.30. The van der Waals surface area contributed by atoms with Gasteiger partial charge in [-0.2, -0.15) is 11.8 Å². The van der Waals surface area contributed by atoms with E-state index in [1.807, 2.05) is 41.8 Å². The van der Waals surface area contributed by atoms with E-state index in [0.717, 1.165) is 48.0 Å². The standard InChI is InChI=1S/C22H27N3OS2/c1-16-5-8-18(9-6-16)15-28-13-11-23-22(27)24-19-10-7-17(2)20(14-19)25-12-3-4-21(25)26/h5-10,14H,3-4,11-13,15H2,1-2H3,(H2,23,24,27). The van der Waals surface area contributed by atoms with E-state index in [0.29, 0.717) is 11.5 Å². The van der Waals surface area contributed by atoms with Gasteiger partial charge < -0.3 is 15.5 Å². The van der Waals surface area contributed by atoms with Crippen LogP contribution in [0.5, 0.6) is 0 Å². The van der Waals surface area contributed by atoms with Crippen molar-refractivity contribution in [1.29, 1.82) is 0 Å². The Labute approximate surface area is 177 Å². The summed E-state index contributed by atoms with van der Waals surface area (Å²) in [6.07, 6.45) is 1.56. The van der Waals surface area contributed by atoms with E-state index in [1.54, 1.807) is 0 Å². The summed E-state index contributed by atoms with van der Waals surface area (Å²) in [5, 5.41) is 7.10. The van der Waals surface area contributed by atoms with Crippen molar-refractivity contribution >= 4 is 46.4 Å². The van der Waals surface area contributed by atoms with Gasteiger partial charge in [0.25, 0.3) is 0 Å². The molecule has 0 atom stereocenters. The first kappa shape index (κ1) is 20.7. The minimum Gasteiger partial charge on any atom is -0.362 e. The van der Waals surface area contributed by atoms with Crippen LogP contribution in [-0.2, 0) is 10.5 Å². The highest BCUT2D eigenvalue weighted by Gasteiger charge is 2.23. The van der Waals surface area contributed by atoms with E-state index in [1.165, 1.54) is 11.1 Å². The summed E-state index contributed by atoms with van der Waals surface area (Å²) in [6.45, 7) is 5.75. The lowest BCUT2D eigenvalue weighted by Gasteiger charge is -2.20. The number of carbonyl (C=O) groups excluding carboxylic acids is 1. The van der Waals surface area contributed by atoms with Gasteiger partial charge in [0.05, 0.1) is 0 Å². The average Bonchev–Trinajstić information content (AvgIpc) is 3.10. The number of amides is 1. The largest absolute Gasteiger partial charge is 0.362 e. The third kappa shape index (κ3) is 5.72. The van der Waals surface area contributed by atoms with E-state index >= 15 is 0 Å². The summed E-state index contributed by atoms with van der Waals surface area (Å²) < 4.78 is 0. The molecule has 28 heavy (non-hydrogen) atoms. The van der Waals surface area contributed by atoms with Crippen LogP contribution in [0.4, 0.5) is 11.4 Å². The molecular formula is C22H27N3OS2. The smallest absolute Gasteiger partial charge is 0.227 e. The van der Waals surface area contributed by atoms with Crippen LogP contribution >= 0.6 is 24.0 Å². The highest BCUT2D eigenvalue weighted by Crippen LogP contribution is 2.28. The van der Waals surface area contributed by atoms with Gasteiger partial charge in [-0.25, -0.2) is 0 Å². The second-order valence-corrected chi connectivity index (χ2v) is 8.58. The average molecular weight is 414 g/mol. The SMILES string of the molecule is Cc1ccc(CSCCNC(=S)Nc2ccc(C)c(N3CCCC3=O)c2)cc1. The molecule has 0 aromatic heterocycles. The second kappa shape index (κ2) is 9.94. The number of hydrogen-bond donors (Lipinski definition) is 2. The summed E-state index contributed by atoms with van der Waals surface area (Å²) in [4.78, 5) is 13.9. The van der Waals surface area contributed by atoms with Crippen molar-refractivity contribution in [3.8, 4) is 0 Å². The third-order valence-electron chi connectivity index (χ3n) is 4.75. The molecule has 4 nitrogen and oxygen atoms in total. The Morgan fingerprint density at radius 2 is 1.96 bits per heavy atom. The van der Waals surface area contributed by atoms with Crippen LogP contribution < -0.4 is 15.5 Å². The molecule has 2 N–H and O–H groups in total. The molecule has 3 rings (SSSR count). The van der Waals surface area contributed by atoms with Crippen molar-refractivity contribution in [2.24, 2.45) is 0 Å². The van der Waals surface area contributed by atoms with Crippen molar-refractivity contribution in [2.45, 2.75) is 32.4 Å². The molecule has 1 heterocycles. The number of nitrogens with zero attached hydrogens (tertiary/aromatic N) is 1. The zero-order valence-electron chi connectivity index (χ0n) is 16.5. The topological polar surface area (TPSA) is 44.4 Å². The highest BCUT2D eigenvalue weighted by molar-refractivity contribution is 7.98. The molecule has 148 valence electrons. The highest BCUT2D eigenvalue weighted by atomic mass is 32.2. The Kier molecular flexibility index (Phi) is 7.34. The molecular weight excluding hydrogens is 386 g/mol. The van der Waals surface area contributed by atoms with E-state index in [4.69, 9.17) is 12.2 Å². The van der Waals surface area contributed by atoms with Gasteiger partial charge in [0.2, 0.25) is 5.91 Å². The Morgan fingerprint density at radius 3 is 2.68 bits per heavy atom.